The first-order chi connectivity index (χ1) is 17.1. The molecule has 180 valence electrons. The lowest BCUT2D eigenvalue weighted by Gasteiger charge is -2.38. The molecule has 1 aliphatic rings. The zero-order valence-corrected chi connectivity index (χ0v) is 19.7. The molecule has 2 amide bonds. The summed E-state index contributed by atoms with van der Waals surface area (Å²) < 4.78 is 2.01. The van der Waals surface area contributed by atoms with Gasteiger partial charge < -0.3 is 25.2 Å². The number of fused-ring (bicyclic) bond motifs is 1. The summed E-state index contributed by atoms with van der Waals surface area (Å²) in [5, 5.41) is 17.8. The molecule has 0 atom stereocenters. The zero-order valence-electron chi connectivity index (χ0n) is 19.7. The van der Waals surface area contributed by atoms with E-state index in [9.17, 15) is 9.90 Å². The molecule has 2 aromatic carbocycles. The Labute approximate surface area is 205 Å². The maximum atomic E-state index is 12.6. The summed E-state index contributed by atoms with van der Waals surface area (Å²) in [4.78, 5) is 19.4. The van der Waals surface area contributed by atoms with E-state index in [4.69, 9.17) is 0 Å². The standard InChI is InChI=1S/C28H31N5O2/c34-27(30-16-20-32-18-13-28(35,14-19-32)21-22-7-3-1-4-8-22)31-25-11-15-29-26-24(25)12-17-33(26)23-9-5-2-6-10-23/h1-12,15,17,35H,13-14,16,18-21H2,(H2,29,30,31,34). The van der Waals surface area contributed by atoms with Gasteiger partial charge in [0.15, 0.2) is 0 Å². The third kappa shape index (κ3) is 5.53. The Balaban J connectivity index is 1.11. The van der Waals surface area contributed by atoms with Gasteiger partial charge in [-0.05, 0) is 42.7 Å². The average Bonchev–Trinajstić information content (AvgIpc) is 3.32. The number of rotatable bonds is 7. The Bertz CT molecular complexity index is 1260. The minimum Gasteiger partial charge on any atom is -0.389 e. The fraction of sp³-hybridized carbons (Fsp3) is 0.286. The molecule has 0 aliphatic carbocycles. The molecule has 1 aliphatic heterocycles. The molecule has 1 saturated heterocycles. The van der Waals surface area contributed by atoms with Gasteiger partial charge >= 0.3 is 6.03 Å². The molecule has 4 aromatic rings. The van der Waals surface area contributed by atoms with Gasteiger partial charge in [0, 0.05) is 56.1 Å². The van der Waals surface area contributed by atoms with E-state index in [0.717, 1.165) is 54.9 Å². The van der Waals surface area contributed by atoms with Crippen molar-refractivity contribution in [2.75, 3.05) is 31.5 Å². The summed E-state index contributed by atoms with van der Waals surface area (Å²) in [5.41, 5.74) is 3.07. The quantitative estimate of drug-likeness (QED) is 0.379. The van der Waals surface area contributed by atoms with Crippen LogP contribution >= 0.6 is 0 Å². The van der Waals surface area contributed by atoms with E-state index in [0.29, 0.717) is 13.0 Å². The first-order valence-electron chi connectivity index (χ1n) is 12.1. The molecule has 2 aromatic heterocycles. The van der Waals surface area contributed by atoms with Crippen LogP contribution in [0.2, 0.25) is 0 Å². The molecule has 0 saturated carbocycles. The number of urea groups is 1. The smallest absolute Gasteiger partial charge is 0.319 e. The van der Waals surface area contributed by atoms with Crippen molar-refractivity contribution < 1.29 is 9.90 Å². The van der Waals surface area contributed by atoms with E-state index in [1.54, 1.807) is 6.20 Å². The second-order valence-corrected chi connectivity index (χ2v) is 9.23. The van der Waals surface area contributed by atoms with E-state index >= 15 is 0 Å². The molecular formula is C28H31N5O2. The van der Waals surface area contributed by atoms with E-state index in [1.165, 1.54) is 5.56 Å². The largest absolute Gasteiger partial charge is 0.389 e. The maximum absolute atomic E-state index is 12.6. The van der Waals surface area contributed by atoms with Gasteiger partial charge in [-0.25, -0.2) is 9.78 Å². The molecule has 7 heteroatoms. The number of anilines is 1. The normalized spacial score (nSPS) is 15.7. The van der Waals surface area contributed by atoms with Gasteiger partial charge in [-0.3, -0.25) is 0 Å². The van der Waals surface area contributed by atoms with Gasteiger partial charge in [-0.2, -0.15) is 0 Å². The van der Waals surface area contributed by atoms with Gasteiger partial charge in [0.2, 0.25) is 0 Å². The number of aliphatic hydroxyl groups is 1. The van der Waals surface area contributed by atoms with E-state index in [2.05, 4.69) is 32.7 Å². The van der Waals surface area contributed by atoms with Crippen LogP contribution in [0, 0.1) is 0 Å². The average molecular weight is 470 g/mol. The van der Waals surface area contributed by atoms with Crippen LogP contribution in [0.3, 0.4) is 0 Å². The molecule has 5 rings (SSSR count). The Morgan fingerprint density at radius 3 is 2.43 bits per heavy atom. The lowest BCUT2D eigenvalue weighted by Crippen LogP contribution is -2.47. The van der Waals surface area contributed by atoms with Crippen LogP contribution in [-0.4, -0.2) is 57.4 Å². The van der Waals surface area contributed by atoms with Gasteiger partial charge in [0.1, 0.15) is 5.65 Å². The monoisotopic (exact) mass is 469 g/mol. The van der Waals surface area contributed by atoms with Crippen LogP contribution < -0.4 is 10.6 Å². The SMILES string of the molecule is O=C(NCCN1CCC(O)(Cc2ccccc2)CC1)Nc1ccnc2c1ccn2-c1ccccc1. The Hall–Kier alpha value is -3.68. The van der Waals surface area contributed by atoms with E-state index < -0.39 is 5.60 Å². The second kappa shape index (κ2) is 10.3. The van der Waals surface area contributed by atoms with Crippen LogP contribution in [-0.2, 0) is 6.42 Å². The topological polar surface area (TPSA) is 82.4 Å². The number of hydrogen-bond donors (Lipinski definition) is 3. The molecular weight excluding hydrogens is 438 g/mol. The fourth-order valence-electron chi connectivity index (χ4n) is 4.78. The van der Waals surface area contributed by atoms with Crippen molar-refractivity contribution in [3.63, 3.8) is 0 Å². The number of nitrogens with zero attached hydrogens (tertiary/aromatic N) is 3. The number of benzene rings is 2. The first-order valence-corrected chi connectivity index (χ1v) is 12.1. The molecule has 3 N–H and O–H groups in total. The van der Waals surface area contributed by atoms with E-state index in [1.807, 2.05) is 71.4 Å². The molecule has 7 nitrogen and oxygen atoms in total. The molecule has 0 radical (unpaired) electrons. The number of nitrogens with one attached hydrogen (secondary N) is 2. The maximum Gasteiger partial charge on any atom is 0.319 e. The molecule has 1 fully saturated rings. The third-order valence-electron chi connectivity index (χ3n) is 6.75. The van der Waals surface area contributed by atoms with Crippen molar-refractivity contribution in [2.45, 2.75) is 24.9 Å². The minimum absolute atomic E-state index is 0.234. The van der Waals surface area contributed by atoms with Gasteiger partial charge in [0.25, 0.3) is 0 Å². The first kappa shape index (κ1) is 23.1. The van der Waals surface area contributed by atoms with Crippen molar-refractivity contribution in [2.24, 2.45) is 0 Å². The number of para-hydroxylation sites is 1. The summed E-state index contributed by atoms with van der Waals surface area (Å²) >= 11 is 0. The molecule has 0 bridgehead atoms. The van der Waals surface area contributed by atoms with Crippen LogP contribution in [0.15, 0.2) is 85.2 Å². The van der Waals surface area contributed by atoms with Gasteiger partial charge in [0.05, 0.1) is 11.3 Å². The van der Waals surface area contributed by atoms with Gasteiger partial charge in [-0.1, -0.05) is 48.5 Å². The summed E-state index contributed by atoms with van der Waals surface area (Å²) in [6, 6.07) is 23.7. The minimum atomic E-state index is -0.647. The van der Waals surface area contributed by atoms with Crippen LogP contribution in [0.4, 0.5) is 10.5 Å². The highest BCUT2D eigenvalue weighted by molar-refractivity contribution is 5.99. The number of amides is 2. The number of carbonyl (C=O) groups excluding carboxylic acids is 1. The Kier molecular flexibility index (Phi) is 6.79. The Morgan fingerprint density at radius 2 is 1.69 bits per heavy atom. The van der Waals surface area contributed by atoms with Crippen LogP contribution in [0.1, 0.15) is 18.4 Å². The highest BCUT2D eigenvalue weighted by Gasteiger charge is 2.32. The van der Waals surface area contributed by atoms with Crippen LogP contribution in [0.25, 0.3) is 16.7 Å². The zero-order chi connectivity index (χ0) is 24.1. The summed E-state index contributed by atoms with van der Waals surface area (Å²) in [6.45, 7) is 2.95. The van der Waals surface area contributed by atoms with Crippen molar-refractivity contribution in [3.8, 4) is 5.69 Å². The number of carbonyl (C=O) groups is 1. The summed E-state index contributed by atoms with van der Waals surface area (Å²) in [6.07, 6.45) is 5.84. The lowest BCUT2D eigenvalue weighted by molar-refractivity contribution is -0.0201. The predicted molar refractivity (Wildman–Crippen MR) is 139 cm³/mol. The van der Waals surface area contributed by atoms with Crippen molar-refractivity contribution in [1.29, 1.82) is 0 Å². The molecule has 0 spiro atoms. The summed E-state index contributed by atoms with van der Waals surface area (Å²) in [5.74, 6) is 0. The number of hydrogen-bond acceptors (Lipinski definition) is 4. The van der Waals surface area contributed by atoms with Crippen molar-refractivity contribution >= 4 is 22.8 Å². The predicted octanol–water partition coefficient (Wildman–Crippen LogP) is 4.22. The third-order valence-corrected chi connectivity index (χ3v) is 6.75. The van der Waals surface area contributed by atoms with Gasteiger partial charge in [-0.15, -0.1) is 0 Å². The molecule has 0 unspecified atom stereocenters. The van der Waals surface area contributed by atoms with Crippen LogP contribution in [0.5, 0.6) is 0 Å². The molecule has 35 heavy (non-hydrogen) atoms. The Morgan fingerprint density at radius 1 is 0.971 bits per heavy atom. The van der Waals surface area contributed by atoms with Crippen molar-refractivity contribution in [3.05, 3.63) is 90.8 Å². The number of pyridine rings is 1. The van der Waals surface area contributed by atoms with Crippen molar-refractivity contribution in [1.82, 2.24) is 19.8 Å². The van der Waals surface area contributed by atoms with E-state index in [-0.39, 0.29) is 6.03 Å². The summed E-state index contributed by atoms with van der Waals surface area (Å²) in [7, 11) is 0. The highest BCUT2D eigenvalue weighted by Crippen LogP contribution is 2.27. The number of likely N-dealkylation sites (tertiary alicyclic amines) is 1. The number of aromatic nitrogens is 2. The molecule has 3 heterocycles. The second-order valence-electron chi connectivity index (χ2n) is 9.23. The fourth-order valence-corrected chi connectivity index (χ4v) is 4.78. The lowest BCUT2D eigenvalue weighted by atomic mass is 9.85. The number of piperidine rings is 1. The highest BCUT2D eigenvalue weighted by atomic mass is 16.3.